The maximum atomic E-state index is 12.0. The second-order valence-electron chi connectivity index (χ2n) is 5.55. The smallest absolute Gasteiger partial charge is 0.226 e. The van der Waals surface area contributed by atoms with Crippen LogP contribution in [0.2, 0.25) is 0 Å². The molecule has 1 aliphatic heterocycles. The van der Waals surface area contributed by atoms with Gasteiger partial charge in [-0.25, -0.2) is 4.98 Å². The van der Waals surface area contributed by atoms with Crippen molar-refractivity contribution in [3.05, 3.63) is 36.9 Å². The minimum atomic E-state index is -0.00806. The van der Waals surface area contributed by atoms with Crippen LogP contribution in [0.4, 0.5) is 11.4 Å². The molecule has 0 radical (unpaired) electrons. The van der Waals surface area contributed by atoms with Crippen LogP contribution in [0.5, 0.6) is 0 Å². The predicted octanol–water partition coefficient (Wildman–Crippen LogP) is 2.30. The van der Waals surface area contributed by atoms with Crippen LogP contribution in [0.15, 0.2) is 36.9 Å². The Balaban J connectivity index is 1.56. The zero-order chi connectivity index (χ0) is 15.2. The topological polar surface area (TPSA) is 63.1 Å². The SMILES string of the molecule is O=C(CCn1cncn1)Nc1cccc(N2CCCCC2)c1. The van der Waals surface area contributed by atoms with Crippen LogP contribution >= 0.6 is 0 Å². The maximum Gasteiger partial charge on any atom is 0.226 e. The summed E-state index contributed by atoms with van der Waals surface area (Å²) in [6, 6.07) is 8.09. The van der Waals surface area contributed by atoms with Crippen LogP contribution in [0, 0.1) is 0 Å². The molecule has 1 aromatic carbocycles. The highest BCUT2D eigenvalue weighted by Crippen LogP contribution is 2.23. The molecule has 22 heavy (non-hydrogen) atoms. The summed E-state index contributed by atoms with van der Waals surface area (Å²) in [6.45, 7) is 2.74. The molecule has 1 fully saturated rings. The van der Waals surface area contributed by atoms with Gasteiger partial charge in [0.25, 0.3) is 0 Å². The Kier molecular flexibility index (Phi) is 4.68. The summed E-state index contributed by atoms with van der Waals surface area (Å²) in [5, 5.41) is 6.95. The maximum absolute atomic E-state index is 12.0. The predicted molar refractivity (Wildman–Crippen MR) is 85.8 cm³/mol. The molecule has 6 nitrogen and oxygen atoms in total. The molecule has 1 amide bonds. The fraction of sp³-hybridized carbons (Fsp3) is 0.438. The van der Waals surface area contributed by atoms with Gasteiger partial charge in [-0.2, -0.15) is 5.10 Å². The lowest BCUT2D eigenvalue weighted by atomic mass is 10.1. The van der Waals surface area contributed by atoms with E-state index >= 15 is 0 Å². The van der Waals surface area contributed by atoms with E-state index in [1.165, 1.54) is 31.3 Å². The molecule has 3 rings (SSSR count). The second kappa shape index (κ2) is 7.06. The summed E-state index contributed by atoms with van der Waals surface area (Å²) in [7, 11) is 0. The van der Waals surface area contributed by atoms with Crippen molar-refractivity contribution in [1.29, 1.82) is 0 Å². The molecular weight excluding hydrogens is 278 g/mol. The van der Waals surface area contributed by atoms with Crippen molar-refractivity contribution in [3.63, 3.8) is 0 Å². The van der Waals surface area contributed by atoms with Crippen LogP contribution in [0.25, 0.3) is 0 Å². The van der Waals surface area contributed by atoms with Crippen molar-refractivity contribution in [2.75, 3.05) is 23.3 Å². The number of aromatic nitrogens is 3. The molecule has 6 heteroatoms. The monoisotopic (exact) mass is 299 g/mol. The average molecular weight is 299 g/mol. The number of aryl methyl sites for hydroxylation is 1. The highest BCUT2D eigenvalue weighted by molar-refractivity contribution is 5.91. The lowest BCUT2D eigenvalue weighted by Crippen LogP contribution is -2.29. The summed E-state index contributed by atoms with van der Waals surface area (Å²) in [5.74, 6) is -0.00806. The molecule has 1 N–H and O–H groups in total. The van der Waals surface area contributed by atoms with Crippen LogP contribution in [-0.4, -0.2) is 33.8 Å². The third-order valence-corrected chi connectivity index (χ3v) is 3.89. The fourth-order valence-corrected chi connectivity index (χ4v) is 2.72. The van der Waals surface area contributed by atoms with Crippen molar-refractivity contribution in [2.24, 2.45) is 0 Å². The molecule has 0 unspecified atom stereocenters. The van der Waals surface area contributed by atoms with E-state index in [0.717, 1.165) is 18.8 Å². The van der Waals surface area contributed by atoms with Gasteiger partial charge in [-0.1, -0.05) is 6.07 Å². The van der Waals surface area contributed by atoms with E-state index < -0.39 is 0 Å². The summed E-state index contributed by atoms with van der Waals surface area (Å²) in [4.78, 5) is 18.3. The number of piperidine rings is 1. The Labute approximate surface area is 130 Å². The van der Waals surface area contributed by atoms with Crippen molar-refractivity contribution in [3.8, 4) is 0 Å². The Bertz CT molecular complexity index is 605. The number of benzene rings is 1. The van der Waals surface area contributed by atoms with Gasteiger partial charge in [0, 0.05) is 30.9 Å². The van der Waals surface area contributed by atoms with Crippen molar-refractivity contribution < 1.29 is 4.79 Å². The quantitative estimate of drug-likeness (QED) is 0.920. The van der Waals surface area contributed by atoms with Crippen LogP contribution < -0.4 is 10.2 Å². The normalized spacial score (nSPS) is 14.8. The molecule has 2 aromatic rings. The average Bonchev–Trinajstić information content (AvgIpc) is 3.08. The number of carbonyl (C=O) groups is 1. The minimum absolute atomic E-state index is 0.00806. The highest BCUT2D eigenvalue weighted by Gasteiger charge is 2.11. The second-order valence-corrected chi connectivity index (χ2v) is 5.55. The first-order valence-corrected chi connectivity index (χ1v) is 7.78. The van der Waals surface area contributed by atoms with Gasteiger partial charge in [0.1, 0.15) is 12.7 Å². The van der Waals surface area contributed by atoms with Gasteiger partial charge in [0.05, 0.1) is 6.54 Å². The Hall–Kier alpha value is -2.37. The summed E-state index contributed by atoms with van der Waals surface area (Å²) >= 11 is 0. The molecular formula is C16H21N5O. The molecule has 0 saturated carbocycles. The van der Waals surface area contributed by atoms with E-state index in [1.54, 1.807) is 11.0 Å². The summed E-state index contributed by atoms with van der Waals surface area (Å²) in [6.07, 6.45) is 7.28. The van der Waals surface area contributed by atoms with Gasteiger partial charge in [0.2, 0.25) is 5.91 Å². The van der Waals surface area contributed by atoms with Gasteiger partial charge >= 0.3 is 0 Å². The Morgan fingerprint density at radius 1 is 1.23 bits per heavy atom. The number of hydrogen-bond acceptors (Lipinski definition) is 4. The van der Waals surface area contributed by atoms with E-state index in [0.29, 0.717) is 13.0 Å². The van der Waals surface area contributed by atoms with Crippen molar-refractivity contribution in [2.45, 2.75) is 32.2 Å². The van der Waals surface area contributed by atoms with Gasteiger partial charge in [0.15, 0.2) is 0 Å². The van der Waals surface area contributed by atoms with Crippen LogP contribution in [0.3, 0.4) is 0 Å². The molecule has 2 heterocycles. The van der Waals surface area contributed by atoms with Gasteiger partial charge < -0.3 is 10.2 Å². The number of amides is 1. The number of rotatable bonds is 5. The minimum Gasteiger partial charge on any atom is -0.371 e. The molecule has 0 bridgehead atoms. The number of nitrogens with one attached hydrogen (secondary N) is 1. The third-order valence-electron chi connectivity index (χ3n) is 3.89. The number of nitrogens with zero attached hydrogens (tertiary/aromatic N) is 4. The van der Waals surface area contributed by atoms with Crippen LogP contribution in [-0.2, 0) is 11.3 Å². The van der Waals surface area contributed by atoms with Crippen LogP contribution in [0.1, 0.15) is 25.7 Å². The largest absolute Gasteiger partial charge is 0.371 e. The molecule has 1 aromatic heterocycles. The zero-order valence-electron chi connectivity index (χ0n) is 12.6. The lowest BCUT2D eigenvalue weighted by Gasteiger charge is -2.29. The number of hydrogen-bond donors (Lipinski definition) is 1. The van der Waals surface area contributed by atoms with E-state index in [2.05, 4.69) is 32.4 Å². The first kappa shape index (κ1) is 14.6. The van der Waals surface area contributed by atoms with E-state index in [1.807, 2.05) is 12.1 Å². The Morgan fingerprint density at radius 2 is 2.09 bits per heavy atom. The molecule has 116 valence electrons. The summed E-state index contributed by atoms with van der Waals surface area (Å²) < 4.78 is 1.66. The van der Waals surface area contributed by atoms with Gasteiger partial charge in [-0.15, -0.1) is 0 Å². The summed E-state index contributed by atoms with van der Waals surface area (Å²) in [5.41, 5.74) is 2.04. The zero-order valence-corrected chi connectivity index (χ0v) is 12.6. The molecule has 1 aliphatic rings. The third kappa shape index (κ3) is 3.84. The first-order valence-electron chi connectivity index (χ1n) is 7.78. The number of carbonyl (C=O) groups excluding carboxylic acids is 1. The molecule has 0 spiro atoms. The lowest BCUT2D eigenvalue weighted by molar-refractivity contribution is -0.116. The van der Waals surface area contributed by atoms with Gasteiger partial charge in [-0.05, 0) is 37.5 Å². The number of anilines is 2. The van der Waals surface area contributed by atoms with Crippen molar-refractivity contribution >= 4 is 17.3 Å². The van der Waals surface area contributed by atoms with E-state index in [4.69, 9.17) is 0 Å². The van der Waals surface area contributed by atoms with Gasteiger partial charge in [-0.3, -0.25) is 9.48 Å². The molecule has 0 aliphatic carbocycles. The first-order chi connectivity index (χ1) is 10.8. The van der Waals surface area contributed by atoms with Crippen molar-refractivity contribution in [1.82, 2.24) is 14.8 Å². The Morgan fingerprint density at radius 3 is 2.86 bits per heavy atom. The standard InChI is InChI=1S/C16H21N5O/c22-16(7-10-21-13-17-12-18-21)19-14-5-4-6-15(11-14)20-8-2-1-3-9-20/h4-6,11-13H,1-3,7-10H2,(H,19,22). The highest BCUT2D eigenvalue weighted by atomic mass is 16.1. The fourth-order valence-electron chi connectivity index (χ4n) is 2.72. The van der Waals surface area contributed by atoms with E-state index in [-0.39, 0.29) is 5.91 Å². The molecule has 0 atom stereocenters. The van der Waals surface area contributed by atoms with E-state index in [9.17, 15) is 4.79 Å². The molecule has 1 saturated heterocycles.